The molecule has 2 amide bonds. The van der Waals surface area contributed by atoms with E-state index in [1.165, 1.54) is 16.7 Å². The van der Waals surface area contributed by atoms with E-state index in [4.69, 9.17) is 14.7 Å². The summed E-state index contributed by atoms with van der Waals surface area (Å²) in [5.41, 5.74) is 5.48. The number of urea groups is 1. The van der Waals surface area contributed by atoms with Crippen molar-refractivity contribution in [1.82, 2.24) is 14.9 Å². The van der Waals surface area contributed by atoms with Gasteiger partial charge in [0, 0.05) is 43.9 Å². The summed E-state index contributed by atoms with van der Waals surface area (Å²) in [5.74, 6) is 2.45. The molecular weight excluding hydrogens is 438 g/mol. The Labute approximate surface area is 208 Å². The van der Waals surface area contributed by atoms with Gasteiger partial charge in [-0.3, -0.25) is 0 Å². The molecule has 1 saturated heterocycles. The minimum atomic E-state index is -0.107. The van der Waals surface area contributed by atoms with Crippen LogP contribution in [0, 0.1) is 13.8 Å². The number of ether oxygens (including phenoxy) is 1. The Morgan fingerprint density at radius 2 is 1.77 bits per heavy atom. The lowest BCUT2D eigenvalue weighted by atomic mass is 10.0. The highest BCUT2D eigenvalue weighted by molar-refractivity contribution is 5.91. The van der Waals surface area contributed by atoms with E-state index in [1.807, 2.05) is 36.1 Å². The van der Waals surface area contributed by atoms with Gasteiger partial charge in [0.05, 0.1) is 12.8 Å². The molecule has 2 aromatic carbocycles. The van der Waals surface area contributed by atoms with E-state index in [0.29, 0.717) is 24.5 Å². The lowest BCUT2D eigenvalue weighted by Gasteiger charge is -2.26. The SMILES string of the molecule is CCc1nc(C)nc(N2CCCN(C(=O)Nc3ccccc3OC)CC2)c1Cc1ccc(C)cc1. The molecular formula is C28H35N5O2. The molecule has 0 unspecified atom stereocenters. The maximum Gasteiger partial charge on any atom is 0.322 e. The summed E-state index contributed by atoms with van der Waals surface area (Å²) in [5, 5.41) is 3.01. The Kier molecular flexibility index (Phi) is 7.85. The average Bonchev–Trinajstić information content (AvgIpc) is 3.13. The molecule has 3 aromatic rings. The summed E-state index contributed by atoms with van der Waals surface area (Å²) in [6.07, 6.45) is 2.53. The fourth-order valence-corrected chi connectivity index (χ4v) is 4.56. The Morgan fingerprint density at radius 1 is 1.00 bits per heavy atom. The predicted molar refractivity (Wildman–Crippen MR) is 141 cm³/mol. The number of para-hydroxylation sites is 2. The van der Waals surface area contributed by atoms with Gasteiger partial charge in [-0.2, -0.15) is 0 Å². The van der Waals surface area contributed by atoms with Crippen LogP contribution in [0.4, 0.5) is 16.3 Å². The zero-order valence-corrected chi connectivity index (χ0v) is 21.2. The molecule has 35 heavy (non-hydrogen) atoms. The van der Waals surface area contributed by atoms with Crippen molar-refractivity contribution in [2.75, 3.05) is 43.5 Å². The van der Waals surface area contributed by atoms with Crippen LogP contribution in [0.3, 0.4) is 0 Å². The summed E-state index contributed by atoms with van der Waals surface area (Å²) < 4.78 is 5.38. The van der Waals surface area contributed by atoms with Gasteiger partial charge in [0.25, 0.3) is 0 Å². The molecule has 7 heteroatoms. The molecule has 0 saturated carbocycles. The standard InChI is InChI=1S/C28H35N5O2/c1-5-24-23(19-22-13-11-20(2)12-14-22)27(30-21(3)29-24)32-15-8-16-33(18-17-32)28(34)31-25-9-6-7-10-26(25)35-4/h6-7,9-14H,5,8,15-19H2,1-4H3,(H,31,34). The number of aromatic nitrogens is 2. The van der Waals surface area contributed by atoms with E-state index in [0.717, 1.165) is 49.7 Å². The third kappa shape index (κ3) is 5.91. The molecule has 0 atom stereocenters. The average molecular weight is 474 g/mol. The second-order valence-electron chi connectivity index (χ2n) is 8.99. The quantitative estimate of drug-likeness (QED) is 0.546. The summed E-state index contributed by atoms with van der Waals surface area (Å²) >= 11 is 0. The third-order valence-electron chi connectivity index (χ3n) is 6.45. The lowest BCUT2D eigenvalue weighted by molar-refractivity contribution is 0.215. The molecule has 4 rings (SSSR count). The zero-order valence-electron chi connectivity index (χ0n) is 21.2. The van der Waals surface area contributed by atoms with Crippen LogP contribution in [0.2, 0.25) is 0 Å². The van der Waals surface area contributed by atoms with Crippen LogP contribution >= 0.6 is 0 Å². The number of nitrogens with one attached hydrogen (secondary N) is 1. The monoisotopic (exact) mass is 473 g/mol. The normalized spacial score (nSPS) is 13.9. The van der Waals surface area contributed by atoms with Crippen molar-refractivity contribution in [3.63, 3.8) is 0 Å². The van der Waals surface area contributed by atoms with E-state index >= 15 is 0 Å². The number of nitrogens with zero attached hydrogens (tertiary/aromatic N) is 4. The van der Waals surface area contributed by atoms with Crippen LogP contribution < -0.4 is 15.0 Å². The second kappa shape index (κ2) is 11.2. The van der Waals surface area contributed by atoms with Gasteiger partial charge in [0.1, 0.15) is 17.4 Å². The third-order valence-corrected chi connectivity index (χ3v) is 6.45. The van der Waals surface area contributed by atoms with Gasteiger partial charge >= 0.3 is 6.03 Å². The smallest absolute Gasteiger partial charge is 0.322 e. The van der Waals surface area contributed by atoms with Crippen molar-refractivity contribution in [2.45, 2.75) is 40.0 Å². The molecule has 1 aromatic heterocycles. The summed E-state index contributed by atoms with van der Waals surface area (Å²) in [7, 11) is 1.61. The van der Waals surface area contributed by atoms with Crippen molar-refractivity contribution >= 4 is 17.5 Å². The first-order valence-electron chi connectivity index (χ1n) is 12.3. The van der Waals surface area contributed by atoms with E-state index in [-0.39, 0.29) is 6.03 Å². The van der Waals surface area contributed by atoms with Gasteiger partial charge in [0.2, 0.25) is 0 Å². The van der Waals surface area contributed by atoms with Gasteiger partial charge in [0.15, 0.2) is 0 Å². The first-order valence-corrected chi connectivity index (χ1v) is 12.3. The van der Waals surface area contributed by atoms with Crippen LogP contribution in [-0.2, 0) is 12.8 Å². The molecule has 0 bridgehead atoms. The highest BCUT2D eigenvalue weighted by atomic mass is 16.5. The zero-order chi connectivity index (χ0) is 24.8. The Hall–Kier alpha value is -3.61. The number of carbonyl (C=O) groups is 1. The molecule has 0 aliphatic carbocycles. The maximum absolute atomic E-state index is 13.0. The minimum Gasteiger partial charge on any atom is -0.495 e. The van der Waals surface area contributed by atoms with Gasteiger partial charge in [-0.25, -0.2) is 14.8 Å². The highest BCUT2D eigenvalue weighted by Crippen LogP contribution is 2.27. The highest BCUT2D eigenvalue weighted by Gasteiger charge is 2.24. The number of anilines is 2. The van der Waals surface area contributed by atoms with Crippen molar-refractivity contribution in [2.24, 2.45) is 0 Å². The molecule has 1 aliphatic rings. The molecule has 1 N–H and O–H groups in total. The van der Waals surface area contributed by atoms with E-state index in [1.54, 1.807) is 7.11 Å². The van der Waals surface area contributed by atoms with Crippen molar-refractivity contribution < 1.29 is 9.53 Å². The Bertz CT molecular complexity index is 1160. The number of hydrogen-bond acceptors (Lipinski definition) is 5. The fourth-order valence-electron chi connectivity index (χ4n) is 4.56. The number of carbonyl (C=O) groups excluding carboxylic acids is 1. The summed E-state index contributed by atoms with van der Waals surface area (Å²) in [4.78, 5) is 26.9. The molecule has 184 valence electrons. The number of hydrogen-bond donors (Lipinski definition) is 1. The minimum absolute atomic E-state index is 0.107. The topological polar surface area (TPSA) is 70.6 Å². The Balaban J connectivity index is 1.53. The molecule has 0 spiro atoms. The van der Waals surface area contributed by atoms with Gasteiger partial charge in [-0.15, -0.1) is 0 Å². The fraction of sp³-hybridized carbons (Fsp3) is 0.393. The summed E-state index contributed by atoms with van der Waals surface area (Å²) in [6.45, 7) is 9.10. The van der Waals surface area contributed by atoms with Crippen LogP contribution in [0.5, 0.6) is 5.75 Å². The van der Waals surface area contributed by atoms with Crippen molar-refractivity contribution in [3.8, 4) is 5.75 Å². The van der Waals surface area contributed by atoms with Crippen LogP contribution in [0.15, 0.2) is 48.5 Å². The maximum atomic E-state index is 13.0. The molecule has 2 heterocycles. The van der Waals surface area contributed by atoms with E-state index < -0.39 is 0 Å². The van der Waals surface area contributed by atoms with E-state index in [9.17, 15) is 4.79 Å². The van der Waals surface area contributed by atoms with Crippen molar-refractivity contribution in [3.05, 3.63) is 76.7 Å². The van der Waals surface area contributed by atoms with Crippen LogP contribution in [0.25, 0.3) is 0 Å². The van der Waals surface area contributed by atoms with E-state index in [2.05, 4.69) is 48.3 Å². The number of aryl methyl sites for hydroxylation is 3. The lowest BCUT2D eigenvalue weighted by Crippen LogP contribution is -2.38. The van der Waals surface area contributed by atoms with Crippen LogP contribution in [-0.4, -0.2) is 54.2 Å². The van der Waals surface area contributed by atoms with Gasteiger partial charge in [-0.1, -0.05) is 48.9 Å². The first kappa shape index (κ1) is 24.5. The number of benzene rings is 2. The van der Waals surface area contributed by atoms with Gasteiger partial charge in [-0.05, 0) is 44.4 Å². The summed E-state index contributed by atoms with van der Waals surface area (Å²) in [6, 6.07) is 16.0. The molecule has 7 nitrogen and oxygen atoms in total. The first-order chi connectivity index (χ1) is 17.0. The van der Waals surface area contributed by atoms with Crippen molar-refractivity contribution in [1.29, 1.82) is 0 Å². The largest absolute Gasteiger partial charge is 0.495 e. The number of methoxy groups -OCH3 is 1. The number of rotatable bonds is 6. The Morgan fingerprint density at radius 3 is 2.51 bits per heavy atom. The van der Waals surface area contributed by atoms with Gasteiger partial charge < -0.3 is 19.9 Å². The molecule has 0 radical (unpaired) electrons. The second-order valence-corrected chi connectivity index (χ2v) is 8.99. The number of amides is 2. The van der Waals surface area contributed by atoms with Crippen LogP contribution in [0.1, 0.15) is 41.6 Å². The predicted octanol–water partition coefficient (Wildman–Crippen LogP) is 5.00. The molecule has 1 aliphatic heterocycles. The molecule has 1 fully saturated rings.